The van der Waals surface area contributed by atoms with Gasteiger partial charge in [0.25, 0.3) is 0 Å². The number of aromatic nitrogens is 2. The van der Waals surface area contributed by atoms with E-state index >= 15 is 0 Å². The molecule has 0 radical (unpaired) electrons. The van der Waals surface area contributed by atoms with Crippen molar-refractivity contribution >= 4 is 5.97 Å². The molecular weight excluding hydrogens is 314 g/mol. The van der Waals surface area contributed by atoms with Crippen LogP contribution in [0.25, 0.3) is 0 Å². The molecule has 2 aliphatic rings. The number of carboxylic acids is 1. The normalized spacial score (nSPS) is 21.4. The molecule has 132 valence electrons. The van der Waals surface area contributed by atoms with Crippen molar-refractivity contribution in [2.45, 2.75) is 44.7 Å². The first kappa shape index (κ1) is 16.3. The second-order valence-corrected chi connectivity index (χ2v) is 7.46. The molecule has 0 spiro atoms. The highest BCUT2D eigenvalue weighted by atomic mass is 16.4. The average Bonchev–Trinajstić information content (AvgIpc) is 3.31. The number of likely N-dealkylation sites (tertiary alicyclic amines) is 1. The number of rotatable bonds is 6. The summed E-state index contributed by atoms with van der Waals surface area (Å²) in [5.41, 5.74) is 1.52. The summed E-state index contributed by atoms with van der Waals surface area (Å²) in [6.07, 6.45) is 9.20. The van der Waals surface area contributed by atoms with Gasteiger partial charge in [0.15, 0.2) is 0 Å². The highest BCUT2D eigenvalue weighted by Gasteiger charge is 2.27. The number of carbonyl (C=O) groups is 1. The zero-order chi connectivity index (χ0) is 17.2. The molecule has 1 aliphatic heterocycles. The molecule has 4 rings (SSSR count). The number of aromatic carboxylic acids is 1. The SMILES string of the molecule is O=C(O)c1ccc(CN2CCCC(c3nccn3CC3CC3)C2)cc1. The van der Waals surface area contributed by atoms with Gasteiger partial charge in [0, 0.05) is 37.9 Å². The smallest absolute Gasteiger partial charge is 0.335 e. The van der Waals surface area contributed by atoms with E-state index in [0.717, 1.165) is 32.1 Å². The molecule has 1 aliphatic carbocycles. The minimum Gasteiger partial charge on any atom is -0.478 e. The quantitative estimate of drug-likeness (QED) is 0.876. The van der Waals surface area contributed by atoms with Crippen LogP contribution in [0.1, 0.15) is 53.3 Å². The first-order chi connectivity index (χ1) is 12.2. The Bertz CT molecular complexity index is 734. The van der Waals surface area contributed by atoms with Gasteiger partial charge in [-0.15, -0.1) is 0 Å². The highest BCUT2D eigenvalue weighted by molar-refractivity contribution is 5.87. The van der Waals surface area contributed by atoms with Crippen LogP contribution < -0.4 is 0 Å². The summed E-state index contributed by atoms with van der Waals surface area (Å²) in [5.74, 6) is 1.74. The van der Waals surface area contributed by atoms with Crippen molar-refractivity contribution < 1.29 is 9.90 Å². The maximum atomic E-state index is 11.0. The van der Waals surface area contributed by atoms with Gasteiger partial charge in [-0.3, -0.25) is 4.90 Å². The average molecular weight is 339 g/mol. The number of nitrogens with zero attached hydrogens (tertiary/aromatic N) is 3. The van der Waals surface area contributed by atoms with Gasteiger partial charge in [-0.05, 0) is 55.8 Å². The van der Waals surface area contributed by atoms with E-state index in [1.807, 2.05) is 18.3 Å². The topological polar surface area (TPSA) is 58.4 Å². The van der Waals surface area contributed by atoms with Gasteiger partial charge in [-0.2, -0.15) is 0 Å². The molecule has 1 aromatic carbocycles. The van der Waals surface area contributed by atoms with Crippen LogP contribution in [0.15, 0.2) is 36.7 Å². The molecule has 5 heteroatoms. The molecule has 1 aromatic heterocycles. The summed E-state index contributed by atoms with van der Waals surface area (Å²) >= 11 is 0. The number of piperidine rings is 1. The van der Waals surface area contributed by atoms with Crippen LogP contribution in [0.3, 0.4) is 0 Å². The Morgan fingerprint density at radius 2 is 2.00 bits per heavy atom. The standard InChI is InChI=1S/C20H25N3O2/c24-20(25)17-7-5-15(6-8-17)12-22-10-1-2-18(14-22)19-21-9-11-23(19)13-16-3-4-16/h5-9,11,16,18H,1-4,10,12-14H2,(H,24,25). The van der Waals surface area contributed by atoms with Gasteiger partial charge in [0.1, 0.15) is 5.82 Å². The number of imidazole rings is 1. The van der Waals surface area contributed by atoms with Crippen LogP contribution in [0, 0.1) is 5.92 Å². The van der Waals surface area contributed by atoms with Gasteiger partial charge in [-0.1, -0.05) is 12.1 Å². The van der Waals surface area contributed by atoms with Crippen molar-refractivity contribution in [2.75, 3.05) is 13.1 Å². The van der Waals surface area contributed by atoms with Gasteiger partial charge >= 0.3 is 5.97 Å². The lowest BCUT2D eigenvalue weighted by molar-refractivity contribution is 0.0697. The van der Waals surface area contributed by atoms with Crippen molar-refractivity contribution in [3.63, 3.8) is 0 Å². The first-order valence-electron chi connectivity index (χ1n) is 9.24. The minimum absolute atomic E-state index is 0.349. The molecule has 1 N–H and O–H groups in total. The third-order valence-corrected chi connectivity index (χ3v) is 5.38. The van der Waals surface area contributed by atoms with Crippen molar-refractivity contribution in [1.29, 1.82) is 0 Å². The van der Waals surface area contributed by atoms with Crippen molar-refractivity contribution in [1.82, 2.24) is 14.5 Å². The van der Waals surface area contributed by atoms with Gasteiger partial charge in [-0.25, -0.2) is 9.78 Å². The fourth-order valence-electron chi connectivity index (χ4n) is 3.83. The Hall–Kier alpha value is -2.14. The summed E-state index contributed by atoms with van der Waals surface area (Å²) in [6, 6.07) is 7.26. The van der Waals surface area contributed by atoms with E-state index in [2.05, 4.69) is 20.6 Å². The number of hydrogen-bond acceptors (Lipinski definition) is 3. The maximum absolute atomic E-state index is 11.0. The van der Waals surface area contributed by atoms with Crippen molar-refractivity contribution in [2.24, 2.45) is 5.92 Å². The Morgan fingerprint density at radius 1 is 1.20 bits per heavy atom. The highest BCUT2D eigenvalue weighted by Crippen LogP contribution is 2.33. The molecule has 1 unspecified atom stereocenters. The second kappa shape index (κ2) is 7.00. The van der Waals surface area contributed by atoms with E-state index in [-0.39, 0.29) is 0 Å². The molecule has 5 nitrogen and oxygen atoms in total. The zero-order valence-corrected chi connectivity index (χ0v) is 14.5. The lowest BCUT2D eigenvalue weighted by atomic mass is 9.96. The number of carboxylic acid groups (broad SMARTS) is 1. The summed E-state index contributed by atoms with van der Waals surface area (Å²) in [6.45, 7) is 4.13. The fourth-order valence-corrected chi connectivity index (χ4v) is 3.83. The maximum Gasteiger partial charge on any atom is 0.335 e. The third-order valence-electron chi connectivity index (χ3n) is 5.38. The Labute approximate surface area is 148 Å². The zero-order valence-electron chi connectivity index (χ0n) is 14.5. The van der Waals surface area contributed by atoms with Crippen LogP contribution in [-0.2, 0) is 13.1 Å². The van der Waals surface area contributed by atoms with Crippen LogP contribution in [0.5, 0.6) is 0 Å². The second-order valence-electron chi connectivity index (χ2n) is 7.46. The van der Waals surface area contributed by atoms with E-state index in [9.17, 15) is 4.79 Å². The Morgan fingerprint density at radius 3 is 2.72 bits per heavy atom. The summed E-state index contributed by atoms with van der Waals surface area (Å²) in [7, 11) is 0. The van der Waals surface area contributed by atoms with Gasteiger partial charge < -0.3 is 9.67 Å². The summed E-state index contributed by atoms with van der Waals surface area (Å²) < 4.78 is 2.37. The van der Waals surface area contributed by atoms with Gasteiger partial charge in [0.2, 0.25) is 0 Å². The molecule has 1 atom stereocenters. The molecule has 1 saturated heterocycles. The van der Waals surface area contributed by atoms with E-state index < -0.39 is 5.97 Å². The minimum atomic E-state index is -0.868. The summed E-state index contributed by atoms with van der Waals surface area (Å²) in [5, 5.41) is 9.01. The van der Waals surface area contributed by atoms with Gasteiger partial charge in [0.05, 0.1) is 5.56 Å². The molecular formula is C20H25N3O2. The van der Waals surface area contributed by atoms with E-state index in [4.69, 9.17) is 5.11 Å². The van der Waals surface area contributed by atoms with E-state index in [0.29, 0.717) is 11.5 Å². The Balaban J connectivity index is 1.40. The molecule has 2 fully saturated rings. The lowest BCUT2D eigenvalue weighted by Crippen LogP contribution is -2.35. The molecule has 25 heavy (non-hydrogen) atoms. The molecule has 0 bridgehead atoms. The van der Waals surface area contributed by atoms with Crippen LogP contribution in [-0.4, -0.2) is 38.6 Å². The van der Waals surface area contributed by atoms with E-state index in [1.165, 1.54) is 37.1 Å². The molecule has 2 aromatic rings. The predicted molar refractivity (Wildman–Crippen MR) is 95.6 cm³/mol. The molecule has 2 heterocycles. The van der Waals surface area contributed by atoms with Crippen molar-refractivity contribution in [3.8, 4) is 0 Å². The monoisotopic (exact) mass is 339 g/mol. The summed E-state index contributed by atoms with van der Waals surface area (Å²) in [4.78, 5) is 18.1. The van der Waals surface area contributed by atoms with E-state index in [1.54, 1.807) is 12.1 Å². The number of hydrogen-bond donors (Lipinski definition) is 1. The first-order valence-corrected chi connectivity index (χ1v) is 9.24. The molecule has 0 amide bonds. The molecule has 1 saturated carbocycles. The number of benzene rings is 1. The predicted octanol–water partition coefficient (Wildman–Crippen LogP) is 3.37. The van der Waals surface area contributed by atoms with Crippen LogP contribution in [0.2, 0.25) is 0 Å². The fraction of sp³-hybridized carbons (Fsp3) is 0.500. The largest absolute Gasteiger partial charge is 0.478 e. The lowest BCUT2D eigenvalue weighted by Gasteiger charge is -2.32. The van der Waals surface area contributed by atoms with Crippen LogP contribution >= 0.6 is 0 Å². The van der Waals surface area contributed by atoms with Crippen LogP contribution in [0.4, 0.5) is 0 Å². The third kappa shape index (κ3) is 3.93. The van der Waals surface area contributed by atoms with Crippen molar-refractivity contribution in [3.05, 3.63) is 53.6 Å². The Kier molecular flexibility index (Phi) is 4.57.